The third kappa shape index (κ3) is 2.86. The van der Waals surface area contributed by atoms with Gasteiger partial charge in [0.2, 0.25) is 0 Å². The van der Waals surface area contributed by atoms with Crippen molar-refractivity contribution < 1.29 is 5.11 Å². The van der Waals surface area contributed by atoms with Crippen molar-refractivity contribution in [2.75, 3.05) is 19.6 Å². The highest BCUT2D eigenvalue weighted by Gasteiger charge is 2.36. The molecule has 1 saturated carbocycles. The number of hydrogen-bond acceptors (Lipinski definition) is 2. The average Bonchev–Trinajstić information content (AvgIpc) is 2.75. The summed E-state index contributed by atoms with van der Waals surface area (Å²) in [5.41, 5.74) is -0.566. The van der Waals surface area contributed by atoms with E-state index >= 15 is 0 Å². The second-order valence-electron chi connectivity index (χ2n) is 6.18. The Kier molecular flexibility index (Phi) is 3.41. The second kappa shape index (κ2) is 4.50. The standard InChI is InChI=1S/C14H25NO/c1-4-15(10-14(2,3)16)9-13-8-11-5-6-12(13)7-11/h5-6,11-13,16H,4,7-10H2,1-3H3. The van der Waals surface area contributed by atoms with Gasteiger partial charge in [0.25, 0.3) is 0 Å². The van der Waals surface area contributed by atoms with Gasteiger partial charge in [-0.05, 0) is 51.0 Å². The van der Waals surface area contributed by atoms with Gasteiger partial charge in [0.05, 0.1) is 5.60 Å². The number of hydrogen-bond donors (Lipinski definition) is 1. The van der Waals surface area contributed by atoms with E-state index in [1.54, 1.807) is 0 Å². The highest BCUT2D eigenvalue weighted by molar-refractivity contribution is 5.10. The van der Waals surface area contributed by atoms with Gasteiger partial charge in [0, 0.05) is 13.1 Å². The maximum absolute atomic E-state index is 9.87. The van der Waals surface area contributed by atoms with Gasteiger partial charge in [-0.3, -0.25) is 0 Å². The third-order valence-corrected chi connectivity index (χ3v) is 3.97. The monoisotopic (exact) mass is 223 g/mol. The number of allylic oxidation sites excluding steroid dienone is 2. The van der Waals surface area contributed by atoms with E-state index in [1.807, 2.05) is 13.8 Å². The van der Waals surface area contributed by atoms with Crippen molar-refractivity contribution in [2.45, 2.75) is 39.2 Å². The predicted octanol–water partition coefficient (Wildman–Crippen LogP) is 2.29. The van der Waals surface area contributed by atoms with Gasteiger partial charge in [-0.15, -0.1) is 0 Å². The Morgan fingerprint density at radius 2 is 2.06 bits per heavy atom. The summed E-state index contributed by atoms with van der Waals surface area (Å²) in [5, 5.41) is 9.87. The molecule has 0 aliphatic heterocycles. The largest absolute Gasteiger partial charge is 0.389 e. The van der Waals surface area contributed by atoms with Crippen molar-refractivity contribution in [3.63, 3.8) is 0 Å². The fourth-order valence-corrected chi connectivity index (χ4v) is 3.29. The maximum atomic E-state index is 9.87. The lowest BCUT2D eigenvalue weighted by Crippen LogP contribution is -2.41. The van der Waals surface area contributed by atoms with Gasteiger partial charge < -0.3 is 10.0 Å². The molecule has 0 spiro atoms. The summed E-state index contributed by atoms with van der Waals surface area (Å²) in [4.78, 5) is 2.40. The van der Waals surface area contributed by atoms with Crippen molar-refractivity contribution in [1.82, 2.24) is 4.90 Å². The van der Waals surface area contributed by atoms with Crippen LogP contribution in [0, 0.1) is 17.8 Å². The Labute approximate surface area is 99.3 Å². The number of aliphatic hydroxyl groups is 1. The van der Waals surface area contributed by atoms with Crippen LogP contribution in [0.25, 0.3) is 0 Å². The number of nitrogens with zero attached hydrogens (tertiary/aromatic N) is 1. The predicted molar refractivity (Wildman–Crippen MR) is 67.3 cm³/mol. The van der Waals surface area contributed by atoms with Crippen LogP contribution in [0.2, 0.25) is 0 Å². The highest BCUT2D eigenvalue weighted by Crippen LogP contribution is 2.43. The molecule has 16 heavy (non-hydrogen) atoms. The molecule has 0 aromatic rings. The summed E-state index contributed by atoms with van der Waals surface area (Å²) in [6, 6.07) is 0. The zero-order valence-electron chi connectivity index (χ0n) is 10.8. The molecule has 2 nitrogen and oxygen atoms in total. The molecule has 0 aromatic carbocycles. The Bertz CT molecular complexity index is 266. The summed E-state index contributed by atoms with van der Waals surface area (Å²) >= 11 is 0. The molecule has 1 N–H and O–H groups in total. The Hall–Kier alpha value is -0.340. The van der Waals surface area contributed by atoms with E-state index in [-0.39, 0.29) is 0 Å². The molecule has 0 saturated heterocycles. The van der Waals surface area contributed by atoms with Crippen LogP contribution in [0.15, 0.2) is 12.2 Å². The Morgan fingerprint density at radius 1 is 1.31 bits per heavy atom. The zero-order chi connectivity index (χ0) is 11.8. The molecular formula is C14H25NO. The van der Waals surface area contributed by atoms with Gasteiger partial charge in [-0.1, -0.05) is 19.1 Å². The summed E-state index contributed by atoms with van der Waals surface area (Å²) in [7, 11) is 0. The number of rotatable bonds is 5. The highest BCUT2D eigenvalue weighted by atomic mass is 16.3. The Morgan fingerprint density at radius 3 is 2.50 bits per heavy atom. The summed E-state index contributed by atoms with van der Waals surface area (Å²) in [5.74, 6) is 2.51. The van der Waals surface area contributed by atoms with E-state index in [0.29, 0.717) is 0 Å². The van der Waals surface area contributed by atoms with E-state index in [2.05, 4.69) is 24.0 Å². The topological polar surface area (TPSA) is 23.5 Å². The first-order valence-electron chi connectivity index (χ1n) is 6.61. The van der Waals surface area contributed by atoms with Gasteiger partial charge in [-0.25, -0.2) is 0 Å². The minimum absolute atomic E-state index is 0.566. The molecular weight excluding hydrogens is 198 g/mol. The van der Waals surface area contributed by atoms with Crippen molar-refractivity contribution >= 4 is 0 Å². The normalized spacial score (nSPS) is 32.9. The molecule has 3 unspecified atom stereocenters. The van der Waals surface area contributed by atoms with E-state index in [1.165, 1.54) is 12.8 Å². The SMILES string of the molecule is CCN(CC1CC2C=CC1C2)CC(C)(C)O. The minimum atomic E-state index is -0.566. The number of likely N-dealkylation sites (N-methyl/N-ethyl adjacent to an activating group) is 1. The molecule has 0 heterocycles. The minimum Gasteiger partial charge on any atom is -0.389 e. The molecule has 0 amide bonds. The lowest BCUT2D eigenvalue weighted by Gasteiger charge is -2.31. The molecule has 2 bridgehead atoms. The molecule has 0 radical (unpaired) electrons. The van der Waals surface area contributed by atoms with Gasteiger partial charge >= 0.3 is 0 Å². The maximum Gasteiger partial charge on any atom is 0.0718 e. The van der Waals surface area contributed by atoms with Crippen LogP contribution in [-0.2, 0) is 0 Å². The summed E-state index contributed by atoms with van der Waals surface area (Å²) in [6.45, 7) is 8.98. The second-order valence-corrected chi connectivity index (χ2v) is 6.18. The Balaban J connectivity index is 1.85. The van der Waals surface area contributed by atoms with Crippen molar-refractivity contribution in [1.29, 1.82) is 0 Å². The quantitative estimate of drug-likeness (QED) is 0.723. The van der Waals surface area contributed by atoms with Crippen LogP contribution in [0.5, 0.6) is 0 Å². The first-order chi connectivity index (χ1) is 7.48. The summed E-state index contributed by atoms with van der Waals surface area (Å²) < 4.78 is 0. The zero-order valence-corrected chi connectivity index (χ0v) is 10.8. The first-order valence-corrected chi connectivity index (χ1v) is 6.61. The molecule has 0 aromatic heterocycles. The lowest BCUT2D eigenvalue weighted by atomic mass is 9.92. The van der Waals surface area contributed by atoms with Gasteiger partial charge in [0.15, 0.2) is 0 Å². The smallest absolute Gasteiger partial charge is 0.0718 e. The van der Waals surface area contributed by atoms with E-state index in [9.17, 15) is 5.11 Å². The molecule has 3 atom stereocenters. The molecule has 1 fully saturated rings. The van der Waals surface area contributed by atoms with E-state index in [4.69, 9.17) is 0 Å². The fourth-order valence-electron chi connectivity index (χ4n) is 3.29. The van der Waals surface area contributed by atoms with Gasteiger partial charge in [0.1, 0.15) is 0 Å². The van der Waals surface area contributed by atoms with E-state index in [0.717, 1.165) is 37.4 Å². The number of fused-ring (bicyclic) bond motifs is 2. The van der Waals surface area contributed by atoms with Crippen LogP contribution in [-0.4, -0.2) is 35.2 Å². The summed E-state index contributed by atoms with van der Waals surface area (Å²) in [6.07, 6.45) is 7.55. The molecule has 92 valence electrons. The molecule has 2 aliphatic carbocycles. The van der Waals surface area contributed by atoms with Crippen molar-refractivity contribution in [2.24, 2.45) is 17.8 Å². The van der Waals surface area contributed by atoms with Crippen molar-refractivity contribution in [3.8, 4) is 0 Å². The lowest BCUT2D eigenvalue weighted by molar-refractivity contribution is 0.0315. The van der Waals surface area contributed by atoms with Crippen LogP contribution >= 0.6 is 0 Å². The fraction of sp³-hybridized carbons (Fsp3) is 0.857. The van der Waals surface area contributed by atoms with Crippen molar-refractivity contribution in [3.05, 3.63) is 12.2 Å². The molecule has 2 heteroatoms. The molecule has 2 aliphatic rings. The van der Waals surface area contributed by atoms with Crippen LogP contribution in [0.4, 0.5) is 0 Å². The van der Waals surface area contributed by atoms with Crippen LogP contribution in [0.3, 0.4) is 0 Å². The molecule has 2 rings (SSSR count). The first kappa shape index (κ1) is 12.1. The van der Waals surface area contributed by atoms with Crippen LogP contribution < -0.4 is 0 Å². The van der Waals surface area contributed by atoms with E-state index < -0.39 is 5.60 Å². The average molecular weight is 223 g/mol. The third-order valence-electron chi connectivity index (χ3n) is 3.97. The van der Waals surface area contributed by atoms with Gasteiger partial charge in [-0.2, -0.15) is 0 Å². The van der Waals surface area contributed by atoms with Crippen LogP contribution in [0.1, 0.15) is 33.6 Å².